The number of nitrogens with zero attached hydrogens (tertiary/aromatic N) is 1. The first-order valence-corrected chi connectivity index (χ1v) is 13.6. The normalized spacial score (nSPS) is 46.6. The summed E-state index contributed by atoms with van der Waals surface area (Å²) >= 11 is 10.3. The molecular formula is C28H30ClF2NO4S. The molecule has 3 saturated carbocycles. The molecule has 9 heteroatoms. The smallest absolute Gasteiger partial charge is 0.220 e. The van der Waals surface area contributed by atoms with Gasteiger partial charge in [0.1, 0.15) is 6.17 Å². The van der Waals surface area contributed by atoms with Crippen molar-refractivity contribution in [3.05, 3.63) is 58.7 Å². The summed E-state index contributed by atoms with van der Waals surface area (Å²) < 4.78 is 33.0. The van der Waals surface area contributed by atoms with E-state index in [0.717, 1.165) is 5.56 Å². The molecule has 6 rings (SSSR count). The molecule has 4 aliphatic carbocycles. The highest BCUT2D eigenvalue weighted by Gasteiger charge is 2.79. The van der Waals surface area contributed by atoms with Crippen LogP contribution in [0, 0.1) is 28.6 Å². The summed E-state index contributed by atoms with van der Waals surface area (Å²) in [5, 5.41) is 13.4. The van der Waals surface area contributed by atoms with Crippen LogP contribution in [0.25, 0.3) is 0 Å². The third kappa shape index (κ3) is 3.19. The molecule has 1 N–H and O–H groups in total. The molecule has 0 spiro atoms. The number of thiol groups is 1. The van der Waals surface area contributed by atoms with Crippen LogP contribution in [0.1, 0.15) is 38.7 Å². The second-order valence-electron chi connectivity index (χ2n) is 11.9. The summed E-state index contributed by atoms with van der Waals surface area (Å²) in [5.41, 5.74) is -4.93. The minimum atomic E-state index is -2.19. The Morgan fingerprint density at radius 2 is 1.95 bits per heavy atom. The molecule has 198 valence electrons. The van der Waals surface area contributed by atoms with Crippen LogP contribution in [0.5, 0.6) is 0 Å². The fourth-order valence-corrected chi connectivity index (χ4v) is 9.18. The third-order valence-corrected chi connectivity index (χ3v) is 10.9. The van der Waals surface area contributed by atoms with Crippen LogP contribution in [-0.4, -0.2) is 51.2 Å². The molecule has 1 aliphatic heterocycles. The Balaban J connectivity index is 1.38. The standard InChI is InChI=1S/C28H30ClF2NO4S/c1-25-8-7-18(33)10-21(25)22(30)11-20-19-9-16-14-32(13-15-3-5-17(29)6-4-15)36-28(16,24(35)37)26(19,2)12-23(34)27(20,25)31/h3-8,10,16,19-20,22-23,34H,9,11-14H2,1-2H3,(H,35,37)/t16-,19-,20-,22-,23-,25-,26-,27-,28-/m0/s1. The Bertz CT molecular complexity index is 1240. The van der Waals surface area contributed by atoms with E-state index in [1.807, 2.05) is 19.1 Å². The summed E-state index contributed by atoms with van der Waals surface area (Å²) in [6.45, 7) is 4.29. The Kier molecular flexibility index (Phi) is 5.70. The Morgan fingerprint density at radius 3 is 2.62 bits per heavy atom. The van der Waals surface area contributed by atoms with Gasteiger partial charge in [-0.2, -0.15) is 5.06 Å². The fraction of sp³-hybridized carbons (Fsp3) is 0.571. The molecule has 9 atom stereocenters. The second kappa shape index (κ2) is 8.21. The molecule has 1 heterocycles. The lowest BCUT2D eigenvalue weighted by Crippen LogP contribution is -2.70. The summed E-state index contributed by atoms with van der Waals surface area (Å²) in [7, 11) is 0. The number of aliphatic hydroxyl groups excluding tert-OH is 1. The number of benzene rings is 1. The van der Waals surface area contributed by atoms with E-state index in [9.17, 15) is 14.7 Å². The average molecular weight is 550 g/mol. The molecule has 1 aromatic rings. The molecule has 5 aliphatic rings. The highest BCUT2D eigenvalue weighted by Crippen LogP contribution is 2.72. The lowest BCUT2D eigenvalue weighted by Gasteiger charge is -2.63. The van der Waals surface area contributed by atoms with Crippen molar-refractivity contribution in [1.29, 1.82) is 0 Å². The number of rotatable bonds is 3. The molecule has 1 saturated heterocycles. The SMILES string of the molecule is C[C@]12C=CC(=O)C=C1[C@@H](F)C[C@H]1[C@@H]3C[C@H]4CN(Cc5ccc(Cl)cc5)O[C@@]4(C(=O)S)[C@@]3(C)C[C@H](O)[C@@]12F. The molecule has 4 fully saturated rings. The van der Waals surface area contributed by atoms with Crippen molar-refractivity contribution in [2.45, 2.75) is 63.2 Å². The average Bonchev–Trinajstić information content (AvgIpc) is 3.31. The predicted octanol–water partition coefficient (Wildman–Crippen LogP) is 4.83. The van der Waals surface area contributed by atoms with Gasteiger partial charge in [0.2, 0.25) is 5.12 Å². The highest BCUT2D eigenvalue weighted by atomic mass is 35.5. The first-order chi connectivity index (χ1) is 17.4. The number of halogens is 3. The predicted molar refractivity (Wildman–Crippen MR) is 137 cm³/mol. The largest absolute Gasteiger partial charge is 0.390 e. The van der Waals surface area contributed by atoms with E-state index in [1.54, 1.807) is 24.1 Å². The van der Waals surface area contributed by atoms with Crippen LogP contribution in [0.4, 0.5) is 8.78 Å². The number of carbonyl (C=O) groups excluding carboxylic acids is 2. The van der Waals surface area contributed by atoms with Crippen LogP contribution in [0.3, 0.4) is 0 Å². The van der Waals surface area contributed by atoms with Gasteiger partial charge < -0.3 is 5.11 Å². The summed E-state index contributed by atoms with van der Waals surface area (Å²) in [5.74, 6) is -1.95. The molecule has 1 aromatic carbocycles. The van der Waals surface area contributed by atoms with E-state index in [2.05, 4.69) is 12.6 Å². The molecular weight excluding hydrogens is 520 g/mol. The fourth-order valence-electron chi connectivity index (χ4n) is 8.57. The van der Waals surface area contributed by atoms with Gasteiger partial charge in [0.25, 0.3) is 0 Å². The minimum absolute atomic E-state index is 0.0378. The second-order valence-corrected chi connectivity index (χ2v) is 12.7. The maximum Gasteiger partial charge on any atom is 0.220 e. The van der Waals surface area contributed by atoms with E-state index >= 15 is 8.78 Å². The van der Waals surface area contributed by atoms with E-state index in [4.69, 9.17) is 16.4 Å². The number of allylic oxidation sites excluding steroid dienone is 4. The van der Waals surface area contributed by atoms with Gasteiger partial charge in [-0.3, -0.25) is 14.4 Å². The quantitative estimate of drug-likeness (QED) is 0.529. The van der Waals surface area contributed by atoms with Crippen LogP contribution < -0.4 is 0 Å². The number of ketones is 1. The Labute approximate surface area is 225 Å². The van der Waals surface area contributed by atoms with Gasteiger partial charge in [-0.1, -0.05) is 36.7 Å². The highest BCUT2D eigenvalue weighted by molar-refractivity contribution is 7.96. The number of hydrogen-bond donors (Lipinski definition) is 2. The Morgan fingerprint density at radius 1 is 1.24 bits per heavy atom. The maximum absolute atomic E-state index is 17.4. The first kappa shape index (κ1) is 25.7. The maximum atomic E-state index is 17.4. The molecule has 0 amide bonds. The Hall–Kier alpha value is -1.58. The third-order valence-electron chi connectivity index (χ3n) is 10.3. The van der Waals surface area contributed by atoms with Crippen molar-refractivity contribution in [3.63, 3.8) is 0 Å². The zero-order valence-electron chi connectivity index (χ0n) is 20.7. The number of hydrogen-bond acceptors (Lipinski definition) is 5. The first-order valence-electron chi connectivity index (χ1n) is 12.7. The molecule has 0 bridgehead atoms. The topological polar surface area (TPSA) is 66.8 Å². The van der Waals surface area contributed by atoms with Gasteiger partial charge in [-0.15, -0.1) is 12.6 Å². The summed E-state index contributed by atoms with van der Waals surface area (Å²) in [4.78, 5) is 31.8. The summed E-state index contributed by atoms with van der Waals surface area (Å²) in [6.07, 6.45) is 1.12. The van der Waals surface area contributed by atoms with Crippen molar-refractivity contribution < 1.29 is 28.3 Å². The van der Waals surface area contributed by atoms with Crippen LogP contribution in [0.2, 0.25) is 5.02 Å². The summed E-state index contributed by atoms with van der Waals surface area (Å²) in [6, 6.07) is 7.35. The van der Waals surface area contributed by atoms with Gasteiger partial charge in [-0.05, 0) is 67.5 Å². The molecule has 0 unspecified atom stereocenters. The van der Waals surface area contributed by atoms with Crippen molar-refractivity contribution >= 4 is 35.1 Å². The van der Waals surface area contributed by atoms with Crippen LogP contribution >= 0.6 is 24.2 Å². The number of carbonyl (C=O) groups is 2. The molecule has 5 nitrogen and oxygen atoms in total. The zero-order valence-corrected chi connectivity index (χ0v) is 22.3. The number of fused-ring (bicyclic) bond motifs is 7. The van der Waals surface area contributed by atoms with Gasteiger partial charge in [-0.25, -0.2) is 8.78 Å². The molecule has 0 radical (unpaired) electrons. The van der Waals surface area contributed by atoms with Crippen molar-refractivity contribution in [3.8, 4) is 0 Å². The van der Waals surface area contributed by atoms with E-state index < -0.39 is 51.3 Å². The number of alkyl halides is 2. The minimum Gasteiger partial charge on any atom is -0.390 e. The van der Waals surface area contributed by atoms with E-state index in [-0.39, 0.29) is 30.1 Å². The van der Waals surface area contributed by atoms with Gasteiger partial charge >= 0.3 is 0 Å². The van der Waals surface area contributed by atoms with Crippen LogP contribution in [0.15, 0.2) is 48.1 Å². The zero-order chi connectivity index (χ0) is 26.5. The number of aliphatic hydroxyl groups is 1. The monoisotopic (exact) mass is 549 g/mol. The number of hydroxylamine groups is 2. The van der Waals surface area contributed by atoms with Gasteiger partial charge in [0, 0.05) is 40.8 Å². The van der Waals surface area contributed by atoms with Gasteiger partial charge in [0.15, 0.2) is 17.1 Å². The van der Waals surface area contributed by atoms with Crippen LogP contribution in [-0.2, 0) is 21.0 Å². The van der Waals surface area contributed by atoms with Crippen molar-refractivity contribution in [2.24, 2.45) is 28.6 Å². The van der Waals surface area contributed by atoms with Gasteiger partial charge in [0.05, 0.1) is 6.10 Å². The van der Waals surface area contributed by atoms with Crippen molar-refractivity contribution in [2.75, 3.05) is 6.54 Å². The molecule has 0 aromatic heterocycles. The van der Waals surface area contributed by atoms with E-state index in [0.29, 0.717) is 24.5 Å². The lowest BCUT2D eigenvalue weighted by atomic mass is 9.44. The molecule has 37 heavy (non-hydrogen) atoms. The van der Waals surface area contributed by atoms with E-state index in [1.165, 1.54) is 18.2 Å². The van der Waals surface area contributed by atoms with Crippen molar-refractivity contribution in [1.82, 2.24) is 5.06 Å². The lowest BCUT2D eigenvalue weighted by molar-refractivity contribution is -0.266.